The van der Waals surface area contributed by atoms with Gasteiger partial charge in [-0.15, -0.1) is 0 Å². The number of benzene rings is 2. The van der Waals surface area contributed by atoms with Gasteiger partial charge in [0.15, 0.2) is 0 Å². The van der Waals surface area contributed by atoms with Crippen LogP contribution in [0.15, 0.2) is 84.2 Å². The van der Waals surface area contributed by atoms with Crippen molar-refractivity contribution in [1.82, 2.24) is 5.32 Å². The van der Waals surface area contributed by atoms with E-state index in [1.165, 1.54) is 11.1 Å². The Balaban J connectivity index is 1.96. The summed E-state index contributed by atoms with van der Waals surface area (Å²) in [6, 6.07) is 16.3. The minimum atomic E-state index is 0.0949. The molecule has 2 aromatic rings. The van der Waals surface area contributed by atoms with E-state index in [9.17, 15) is 0 Å². The zero-order chi connectivity index (χ0) is 22.3. The molecule has 0 atom stereocenters. The van der Waals surface area contributed by atoms with Gasteiger partial charge in [0, 0.05) is 24.1 Å². The van der Waals surface area contributed by atoms with Gasteiger partial charge in [-0.2, -0.15) is 0 Å². The molecule has 0 bridgehead atoms. The Hall–Kier alpha value is -3.27. The van der Waals surface area contributed by atoms with Gasteiger partial charge in [-0.05, 0) is 61.2 Å². The molecule has 0 aliphatic carbocycles. The fourth-order valence-corrected chi connectivity index (χ4v) is 2.65. The van der Waals surface area contributed by atoms with E-state index in [-0.39, 0.29) is 5.41 Å². The van der Waals surface area contributed by atoms with Gasteiger partial charge in [-0.1, -0.05) is 63.3 Å². The molecule has 4 heteroatoms. The third-order valence-electron chi connectivity index (χ3n) is 4.90. The molecule has 30 heavy (non-hydrogen) atoms. The van der Waals surface area contributed by atoms with E-state index in [1.54, 1.807) is 7.05 Å². The number of hydrogen-bond donors (Lipinski definition) is 3. The first-order chi connectivity index (χ1) is 14.1. The predicted octanol–water partition coefficient (Wildman–Crippen LogP) is 6.57. The van der Waals surface area contributed by atoms with Crippen molar-refractivity contribution in [3.8, 4) is 0 Å². The number of nitrogens with zero attached hydrogens (tertiary/aromatic N) is 1. The summed E-state index contributed by atoms with van der Waals surface area (Å²) in [5.74, 6) is 1.44. The zero-order valence-corrected chi connectivity index (χ0v) is 19.1. The monoisotopic (exact) mass is 402 g/mol. The van der Waals surface area contributed by atoms with Crippen molar-refractivity contribution in [2.75, 3.05) is 17.7 Å². The van der Waals surface area contributed by atoms with Gasteiger partial charge in [0.05, 0.1) is 0 Å². The van der Waals surface area contributed by atoms with Gasteiger partial charge in [0.25, 0.3) is 0 Å². The molecule has 0 aliphatic heterocycles. The minimum Gasteiger partial charge on any atom is -0.356 e. The molecule has 0 unspecified atom stereocenters. The Bertz CT molecular complexity index is 957. The standard InChI is InChI=1S/C26H34N4/c1-18-10-9-11-22(16-18)20(3)28-23-12-14-24(15-13-23)29-21(4)30-25(27-8)17-19(2)26(5,6)7/h9-17,28-29H,3-4H2,1-2,5-8H3,(H,27,30)/b19-17+. The minimum absolute atomic E-state index is 0.0949. The second-order valence-corrected chi connectivity index (χ2v) is 8.47. The van der Waals surface area contributed by atoms with Crippen molar-refractivity contribution in [2.24, 2.45) is 10.4 Å². The number of anilines is 2. The van der Waals surface area contributed by atoms with E-state index < -0.39 is 0 Å². The number of nitrogens with one attached hydrogen (secondary N) is 3. The molecule has 0 aromatic heterocycles. The van der Waals surface area contributed by atoms with Crippen molar-refractivity contribution < 1.29 is 0 Å². The van der Waals surface area contributed by atoms with E-state index in [4.69, 9.17) is 0 Å². The Labute approximate surface area is 181 Å². The van der Waals surface area contributed by atoms with E-state index >= 15 is 0 Å². The number of rotatable bonds is 7. The summed E-state index contributed by atoms with van der Waals surface area (Å²) in [5.41, 5.74) is 6.42. The number of aliphatic imine (C=N–C) groups is 1. The first-order valence-corrected chi connectivity index (χ1v) is 10.1. The van der Waals surface area contributed by atoms with Crippen LogP contribution in [0.2, 0.25) is 0 Å². The maximum absolute atomic E-state index is 4.31. The highest BCUT2D eigenvalue weighted by Gasteiger charge is 2.13. The molecule has 2 rings (SSSR count). The third-order valence-corrected chi connectivity index (χ3v) is 4.90. The van der Waals surface area contributed by atoms with Gasteiger partial charge in [-0.25, -0.2) is 0 Å². The largest absolute Gasteiger partial charge is 0.356 e. The molecule has 0 saturated heterocycles. The molecule has 0 aliphatic rings. The molecule has 2 aromatic carbocycles. The van der Waals surface area contributed by atoms with Crippen LogP contribution in [0.5, 0.6) is 0 Å². The van der Waals surface area contributed by atoms with Gasteiger partial charge < -0.3 is 16.0 Å². The van der Waals surface area contributed by atoms with Crippen LogP contribution >= 0.6 is 0 Å². The summed E-state index contributed by atoms with van der Waals surface area (Å²) in [6.07, 6.45) is 2.05. The molecule has 0 spiro atoms. The lowest BCUT2D eigenvalue weighted by atomic mass is 9.87. The van der Waals surface area contributed by atoms with E-state index in [2.05, 4.69) is 93.0 Å². The van der Waals surface area contributed by atoms with Crippen LogP contribution in [0.4, 0.5) is 11.4 Å². The fraction of sp³-hybridized carbons (Fsp3) is 0.269. The van der Waals surface area contributed by atoms with Crippen LogP contribution < -0.4 is 16.0 Å². The summed E-state index contributed by atoms with van der Waals surface area (Å²) in [6.45, 7) is 18.9. The molecule has 4 nitrogen and oxygen atoms in total. The second-order valence-electron chi connectivity index (χ2n) is 8.47. The number of allylic oxidation sites excluding steroid dienone is 1. The highest BCUT2D eigenvalue weighted by molar-refractivity contribution is 5.95. The highest BCUT2D eigenvalue weighted by atomic mass is 15.1. The average Bonchev–Trinajstić information content (AvgIpc) is 2.68. The Kier molecular flexibility index (Phi) is 7.65. The topological polar surface area (TPSA) is 48.5 Å². The SMILES string of the molecule is C=C(NC(/C=C(\C)C(C)(C)C)=NC)Nc1ccc(NC(=C)c2cccc(C)c2)cc1. The van der Waals surface area contributed by atoms with E-state index in [1.807, 2.05) is 30.3 Å². The van der Waals surface area contributed by atoms with Gasteiger partial charge in [0.2, 0.25) is 0 Å². The maximum Gasteiger partial charge on any atom is 0.126 e. The fourth-order valence-electron chi connectivity index (χ4n) is 2.65. The normalized spacial score (nSPS) is 12.3. The summed E-state index contributed by atoms with van der Waals surface area (Å²) < 4.78 is 0. The Morgan fingerprint density at radius 2 is 1.57 bits per heavy atom. The number of aryl methyl sites for hydroxylation is 1. The van der Waals surface area contributed by atoms with Crippen LogP contribution in [-0.2, 0) is 0 Å². The lowest BCUT2D eigenvalue weighted by Gasteiger charge is -2.20. The molecule has 0 heterocycles. The van der Waals surface area contributed by atoms with Crippen molar-refractivity contribution in [1.29, 1.82) is 0 Å². The molecular weight excluding hydrogens is 368 g/mol. The quantitative estimate of drug-likeness (QED) is 0.362. The van der Waals surface area contributed by atoms with Crippen molar-refractivity contribution in [3.05, 3.63) is 90.3 Å². The summed E-state index contributed by atoms with van der Waals surface area (Å²) >= 11 is 0. The van der Waals surface area contributed by atoms with Crippen LogP contribution in [0.25, 0.3) is 5.70 Å². The molecular formula is C26H34N4. The molecule has 3 N–H and O–H groups in total. The zero-order valence-electron chi connectivity index (χ0n) is 19.1. The molecule has 0 saturated carbocycles. The average molecular weight is 403 g/mol. The van der Waals surface area contributed by atoms with Gasteiger partial charge >= 0.3 is 0 Å². The first kappa shape index (κ1) is 23.0. The third kappa shape index (κ3) is 6.96. The Morgan fingerprint density at radius 1 is 0.967 bits per heavy atom. The van der Waals surface area contributed by atoms with Crippen LogP contribution in [0, 0.1) is 12.3 Å². The molecule has 0 fully saturated rings. The lowest BCUT2D eigenvalue weighted by Crippen LogP contribution is -2.25. The van der Waals surface area contributed by atoms with Crippen LogP contribution in [0.3, 0.4) is 0 Å². The maximum atomic E-state index is 4.31. The molecule has 0 amide bonds. The van der Waals surface area contributed by atoms with Crippen molar-refractivity contribution >= 4 is 22.9 Å². The summed E-state index contributed by atoms with van der Waals surface area (Å²) in [5, 5.41) is 9.86. The summed E-state index contributed by atoms with van der Waals surface area (Å²) in [7, 11) is 1.77. The van der Waals surface area contributed by atoms with E-state index in [0.717, 1.165) is 28.5 Å². The van der Waals surface area contributed by atoms with Gasteiger partial charge in [-0.3, -0.25) is 4.99 Å². The van der Waals surface area contributed by atoms with Gasteiger partial charge in [0.1, 0.15) is 11.7 Å². The smallest absolute Gasteiger partial charge is 0.126 e. The van der Waals surface area contributed by atoms with Crippen LogP contribution in [-0.4, -0.2) is 12.9 Å². The highest BCUT2D eigenvalue weighted by Crippen LogP contribution is 2.24. The lowest BCUT2D eigenvalue weighted by molar-refractivity contribution is 0.504. The van der Waals surface area contributed by atoms with E-state index in [0.29, 0.717) is 5.82 Å². The number of hydrogen-bond acceptors (Lipinski definition) is 3. The van der Waals surface area contributed by atoms with Crippen LogP contribution in [0.1, 0.15) is 38.8 Å². The van der Waals surface area contributed by atoms with Crippen molar-refractivity contribution in [2.45, 2.75) is 34.6 Å². The molecule has 0 radical (unpaired) electrons. The Morgan fingerprint density at radius 3 is 2.10 bits per heavy atom. The predicted molar refractivity (Wildman–Crippen MR) is 133 cm³/mol. The molecule has 158 valence electrons. The number of amidine groups is 1. The first-order valence-electron chi connectivity index (χ1n) is 10.1. The second kappa shape index (κ2) is 9.97. The summed E-state index contributed by atoms with van der Waals surface area (Å²) in [4.78, 5) is 4.31. The van der Waals surface area contributed by atoms with Crippen molar-refractivity contribution in [3.63, 3.8) is 0 Å².